The van der Waals surface area contributed by atoms with Crippen LogP contribution in [0.25, 0.3) is 0 Å². The number of sulfonamides is 1. The summed E-state index contributed by atoms with van der Waals surface area (Å²) in [7, 11) is -3.45. The van der Waals surface area contributed by atoms with Gasteiger partial charge in [-0.3, -0.25) is 0 Å². The van der Waals surface area contributed by atoms with Crippen LogP contribution in [-0.2, 0) is 16.4 Å². The van der Waals surface area contributed by atoms with Crippen molar-refractivity contribution >= 4 is 10.0 Å². The lowest BCUT2D eigenvalue weighted by Gasteiger charge is -2.14. The molecule has 2 aromatic carbocycles. The van der Waals surface area contributed by atoms with Gasteiger partial charge in [0.05, 0.1) is 4.90 Å². The molecule has 0 aromatic heterocycles. The summed E-state index contributed by atoms with van der Waals surface area (Å²) in [5.41, 5.74) is 2.16. The van der Waals surface area contributed by atoms with Crippen molar-refractivity contribution in [3.05, 3.63) is 65.7 Å². The van der Waals surface area contributed by atoms with Gasteiger partial charge in [-0.25, -0.2) is 13.1 Å². The summed E-state index contributed by atoms with van der Waals surface area (Å²) < 4.78 is 27.2. The molecule has 3 nitrogen and oxygen atoms in total. The lowest BCUT2D eigenvalue weighted by Crippen LogP contribution is -2.34. The van der Waals surface area contributed by atoms with E-state index < -0.39 is 10.0 Å². The van der Waals surface area contributed by atoms with Crippen molar-refractivity contribution in [1.29, 1.82) is 0 Å². The summed E-state index contributed by atoms with van der Waals surface area (Å²) in [6, 6.07) is 16.6. The standard InChI is InChI=1S/C16H19NO2S/c1-13-8-10-16(11-9-13)20(18,19)17-14(2)12-15-6-4-3-5-7-15/h3-11,14,17H,12H2,1-2H3/t14-/m0/s1. The zero-order valence-electron chi connectivity index (χ0n) is 11.7. The Labute approximate surface area is 120 Å². The zero-order chi connectivity index (χ0) is 14.6. The van der Waals surface area contributed by atoms with Crippen LogP contribution >= 0.6 is 0 Å². The molecule has 0 saturated carbocycles. The lowest BCUT2D eigenvalue weighted by molar-refractivity contribution is 0.560. The van der Waals surface area contributed by atoms with E-state index >= 15 is 0 Å². The minimum atomic E-state index is -3.45. The Morgan fingerprint density at radius 3 is 2.20 bits per heavy atom. The second kappa shape index (κ2) is 6.20. The molecular formula is C16H19NO2S. The molecule has 1 N–H and O–H groups in total. The third-order valence-corrected chi connectivity index (χ3v) is 4.68. The van der Waals surface area contributed by atoms with Gasteiger partial charge in [0.1, 0.15) is 0 Å². The Kier molecular flexibility index (Phi) is 4.57. The van der Waals surface area contributed by atoms with E-state index in [1.165, 1.54) is 0 Å². The highest BCUT2D eigenvalue weighted by Gasteiger charge is 2.17. The maximum absolute atomic E-state index is 12.2. The lowest BCUT2D eigenvalue weighted by atomic mass is 10.1. The molecule has 2 rings (SSSR count). The predicted molar refractivity (Wildman–Crippen MR) is 81.1 cm³/mol. The molecule has 0 saturated heterocycles. The minimum absolute atomic E-state index is 0.149. The first-order chi connectivity index (χ1) is 9.47. The number of benzene rings is 2. The van der Waals surface area contributed by atoms with Crippen molar-refractivity contribution in [2.24, 2.45) is 0 Å². The Bertz CT molecular complexity index is 649. The van der Waals surface area contributed by atoms with Gasteiger partial charge in [0, 0.05) is 6.04 Å². The van der Waals surface area contributed by atoms with Crippen LogP contribution in [-0.4, -0.2) is 14.5 Å². The van der Waals surface area contributed by atoms with Crippen LogP contribution < -0.4 is 4.72 Å². The number of hydrogen-bond donors (Lipinski definition) is 1. The zero-order valence-corrected chi connectivity index (χ0v) is 12.5. The monoisotopic (exact) mass is 289 g/mol. The van der Waals surface area contributed by atoms with Gasteiger partial charge in [-0.2, -0.15) is 0 Å². The first-order valence-electron chi connectivity index (χ1n) is 6.60. The van der Waals surface area contributed by atoms with Gasteiger partial charge in [0.2, 0.25) is 10.0 Å². The van der Waals surface area contributed by atoms with E-state index in [4.69, 9.17) is 0 Å². The van der Waals surface area contributed by atoms with E-state index in [2.05, 4.69) is 4.72 Å². The summed E-state index contributed by atoms with van der Waals surface area (Å²) in [6.45, 7) is 3.81. The van der Waals surface area contributed by atoms with Gasteiger partial charge in [-0.1, -0.05) is 48.0 Å². The smallest absolute Gasteiger partial charge is 0.208 e. The summed E-state index contributed by atoms with van der Waals surface area (Å²) in [6.07, 6.45) is 0.673. The van der Waals surface area contributed by atoms with Crippen LogP contribution in [0.15, 0.2) is 59.5 Å². The van der Waals surface area contributed by atoms with Crippen LogP contribution in [0.2, 0.25) is 0 Å². The number of rotatable bonds is 5. The molecule has 0 fully saturated rings. The van der Waals surface area contributed by atoms with E-state index in [0.29, 0.717) is 11.3 Å². The summed E-state index contributed by atoms with van der Waals surface area (Å²) in [5.74, 6) is 0. The van der Waals surface area contributed by atoms with Crippen LogP contribution in [0.1, 0.15) is 18.1 Å². The fourth-order valence-corrected chi connectivity index (χ4v) is 3.30. The second-order valence-corrected chi connectivity index (χ2v) is 6.74. The maximum atomic E-state index is 12.2. The summed E-state index contributed by atoms with van der Waals surface area (Å²) >= 11 is 0. The van der Waals surface area contributed by atoms with Gasteiger partial charge in [0.25, 0.3) is 0 Å². The van der Waals surface area contributed by atoms with Gasteiger partial charge < -0.3 is 0 Å². The van der Waals surface area contributed by atoms with Gasteiger partial charge in [-0.05, 0) is 38.0 Å². The van der Waals surface area contributed by atoms with E-state index in [0.717, 1.165) is 11.1 Å². The van der Waals surface area contributed by atoms with E-state index in [-0.39, 0.29) is 6.04 Å². The van der Waals surface area contributed by atoms with Crippen molar-refractivity contribution in [3.63, 3.8) is 0 Å². The van der Waals surface area contributed by atoms with Crippen LogP contribution in [0.5, 0.6) is 0 Å². The summed E-state index contributed by atoms with van der Waals surface area (Å²) in [5, 5.41) is 0. The topological polar surface area (TPSA) is 46.2 Å². The fourth-order valence-electron chi connectivity index (χ4n) is 2.06. The Morgan fingerprint density at radius 1 is 1.00 bits per heavy atom. The molecule has 0 spiro atoms. The van der Waals surface area contributed by atoms with Crippen molar-refractivity contribution in [3.8, 4) is 0 Å². The van der Waals surface area contributed by atoms with E-state index in [1.807, 2.05) is 44.2 Å². The quantitative estimate of drug-likeness (QED) is 0.920. The van der Waals surface area contributed by atoms with Gasteiger partial charge in [0.15, 0.2) is 0 Å². The molecule has 0 bridgehead atoms. The molecule has 2 aromatic rings. The van der Waals surface area contributed by atoms with Crippen molar-refractivity contribution in [2.75, 3.05) is 0 Å². The van der Waals surface area contributed by atoms with Crippen molar-refractivity contribution < 1.29 is 8.42 Å². The Morgan fingerprint density at radius 2 is 1.60 bits per heavy atom. The summed E-state index contributed by atoms with van der Waals surface area (Å²) in [4.78, 5) is 0.308. The first-order valence-corrected chi connectivity index (χ1v) is 8.08. The molecule has 1 atom stereocenters. The van der Waals surface area contributed by atoms with Gasteiger partial charge >= 0.3 is 0 Å². The highest BCUT2D eigenvalue weighted by Crippen LogP contribution is 2.11. The highest BCUT2D eigenvalue weighted by molar-refractivity contribution is 7.89. The van der Waals surface area contributed by atoms with Crippen molar-refractivity contribution in [2.45, 2.75) is 31.2 Å². The first kappa shape index (κ1) is 14.8. The van der Waals surface area contributed by atoms with Crippen LogP contribution in [0, 0.1) is 6.92 Å². The predicted octanol–water partition coefficient (Wildman–Crippen LogP) is 2.90. The molecule has 0 unspecified atom stereocenters. The van der Waals surface area contributed by atoms with E-state index in [9.17, 15) is 8.42 Å². The number of nitrogens with one attached hydrogen (secondary N) is 1. The average molecular weight is 289 g/mol. The molecule has 0 heterocycles. The van der Waals surface area contributed by atoms with E-state index in [1.54, 1.807) is 24.3 Å². The second-order valence-electron chi connectivity index (χ2n) is 5.03. The fraction of sp³-hybridized carbons (Fsp3) is 0.250. The maximum Gasteiger partial charge on any atom is 0.240 e. The largest absolute Gasteiger partial charge is 0.240 e. The SMILES string of the molecule is Cc1ccc(S(=O)(=O)N[C@@H](C)Cc2ccccc2)cc1. The Hall–Kier alpha value is -1.65. The van der Waals surface area contributed by atoms with Gasteiger partial charge in [-0.15, -0.1) is 0 Å². The molecule has 0 aliphatic rings. The molecule has 20 heavy (non-hydrogen) atoms. The molecule has 106 valence electrons. The molecule has 4 heteroatoms. The van der Waals surface area contributed by atoms with Crippen molar-refractivity contribution in [1.82, 2.24) is 4.72 Å². The Balaban J connectivity index is 2.06. The molecule has 0 aliphatic heterocycles. The molecule has 0 aliphatic carbocycles. The third-order valence-electron chi connectivity index (χ3n) is 3.07. The molecular weight excluding hydrogens is 270 g/mol. The van der Waals surface area contributed by atoms with Crippen LogP contribution in [0.4, 0.5) is 0 Å². The molecule has 0 amide bonds. The van der Waals surface area contributed by atoms with Crippen LogP contribution in [0.3, 0.4) is 0 Å². The highest BCUT2D eigenvalue weighted by atomic mass is 32.2. The number of hydrogen-bond acceptors (Lipinski definition) is 2. The average Bonchev–Trinajstić information content (AvgIpc) is 2.39. The third kappa shape index (κ3) is 3.92. The minimum Gasteiger partial charge on any atom is -0.208 e. The number of aryl methyl sites for hydroxylation is 1. The molecule has 0 radical (unpaired) electrons. The normalized spacial score (nSPS) is 13.1.